The molecule has 0 fully saturated rings. The number of thioether (sulfide) groups is 1. The highest BCUT2D eigenvalue weighted by Crippen LogP contribution is 2.17. The zero-order valence-electron chi connectivity index (χ0n) is 12.4. The number of urea groups is 1. The summed E-state index contributed by atoms with van der Waals surface area (Å²) in [5.41, 5.74) is 1.25. The number of nitrogens with zero attached hydrogens (tertiary/aromatic N) is 1. The van der Waals surface area contributed by atoms with E-state index in [2.05, 4.69) is 36.5 Å². The molecule has 112 valence electrons. The fourth-order valence-corrected chi connectivity index (χ4v) is 2.35. The molecule has 0 aromatic heterocycles. The van der Waals surface area contributed by atoms with Crippen LogP contribution < -0.4 is 5.32 Å². The van der Waals surface area contributed by atoms with Crippen LogP contribution in [0.1, 0.15) is 18.9 Å². The van der Waals surface area contributed by atoms with Gasteiger partial charge >= 0.3 is 6.03 Å². The highest BCUT2D eigenvalue weighted by molar-refractivity contribution is 7.99. The van der Waals surface area contributed by atoms with E-state index in [1.807, 2.05) is 0 Å². The second-order valence-electron chi connectivity index (χ2n) is 4.95. The van der Waals surface area contributed by atoms with Crippen molar-refractivity contribution in [3.05, 3.63) is 29.8 Å². The molecule has 0 radical (unpaired) electrons. The summed E-state index contributed by atoms with van der Waals surface area (Å²) in [5, 5.41) is 12.1. The van der Waals surface area contributed by atoms with Crippen molar-refractivity contribution in [3.63, 3.8) is 0 Å². The summed E-state index contributed by atoms with van der Waals surface area (Å²) in [4.78, 5) is 14.6. The third kappa shape index (κ3) is 6.82. The van der Waals surface area contributed by atoms with Gasteiger partial charge in [-0.05, 0) is 32.4 Å². The zero-order chi connectivity index (χ0) is 15.0. The van der Waals surface area contributed by atoms with E-state index in [9.17, 15) is 9.90 Å². The molecular formula is C15H24N2O2S. The van der Waals surface area contributed by atoms with Crippen molar-refractivity contribution >= 4 is 17.8 Å². The van der Waals surface area contributed by atoms with Crippen LogP contribution in [-0.4, -0.2) is 48.0 Å². The Balaban J connectivity index is 2.17. The van der Waals surface area contributed by atoms with Gasteiger partial charge in [0.2, 0.25) is 0 Å². The summed E-state index contributed by atoms with van der Waals surface area (Å²) in [6.45, 7) is 4.99. The number of carbonyl (C=O) groups is 1. The molecule has 2 N–H and O–H groups in total. The van der Waals surface area contributed by atoms with Crippen LogP contribution >= 0.6 is 11.8 Å². The lowest BCUT2D eigenvalue weighted by atomic mass is 10.2. The Morgan fingerprint density at radius 2 is 2.05 bits per heavy atom. The maximum atomic E-state index is 11.7. The molecule has 0 spiro atoms. The van der Waals surface area contributed by atoms with E-state index in [0.29, 0.717) is 19.5 Å². The first-order valence-electron chi connectivity index (χ1n) is 6.85. The molecule has 0 saturated carbocycles. The van der Waals surface area contributed by atoms with Gasteiger partial charge in [-0.15, -0.1) is 11.8 Å². The topological polar surface area (TPSA) is 52.6 Å². The van der Waals surface area contributed by atoms with Gasteiger partial charge in [0, 0.05) is 30.8 Å². The van der Waals surface area contributed by atoms with Gasteiger partial charge in [-0.1, -0.05) is 17.7 Å². The maximum absolute atomic E-state index is 11.7. The number of aryl methyl sites for hydroxylation is 1. The standard InChI is InChI=1S/C15H24N2O2S/c1-12-4-6-14(7-5-12)20-11-9-16-15(19)17(3)10-8-13(2)18/h4-7,13,18H,8-11H2,1-3H3,(H,16,19). The second-order valence-corrected chi connectivity index (χ2v) is 6.12. The van der Waals surface area contributed by atoms with Crippen LogP contribution in [-0.2, 0) is 0 Å². The normalized spacial score (nSPS) is 12.0. The molecule has 0 aliphatic rings. The van der Waals surface area contributed by atoms with Crippen LogP contribution in [0.4, 0.5) is 4.79 Å². The predicted molar refractivity (Wildman–Crippen MR) is 84.2 cm³/mol. The van der Waals surface area contributed by atoms with E-state index in [-0.39, 0.29) is 12.1 Å². The molecule has 0 aliphatic heterocycles. The van der Waals surface area contributed by atoms with E-state index < -0.39 is 0 Å². The lowest BCUT2D eigenvalue weighted by Crippen LogP contribution is -2.39. The van der Waals surface area contributed by atoms with Crippen molar-refractivity contribution in [1.29, 1.82) is 0 Å². The van der Waals surface area contributed by atoms with E-state index in [1.165, 1.54) is 10.5 Å². The minimum absolute atomic E-state index is 0.0878. The number of nitrogens with one attached hydrogen (secondary N) is 1. The van der Waals surface area contributed by atoms with E-state index in [4.69, 9.17) is 0 Å². The number of rotatable bonds is 7. The van der Waals surface area contributed by atoms with Crippen molar-refractivity contribution in [1.82, 2.24) is 10.2 Å². The molecule has 1 aromatic carbocycles. The first-order valence-corrected chi connectivity index (χ1v) is 7.84. The third-order valence-electron chi connectivity index (χ3n) is 2.90. The Labute approximate surface area is 125 Å². The molecule has 4 nitrogen and oxygen atoms in total. The Bertz CT molecular complexity index is 407. The lowest BCUT2D eigenvalue weighted by molar-refractivity contribution is 0.163. The number of aliphatic hydroxyl groups is 1. The van der Waals surface area contributed by atoms with Gasteiger partial charge in [-0.3, -0.25) is 0 Å². The van der Waals surface area contributed by atoms with Crippen LogP contribution in [0.5, 0.6) is 0 Å². The van der Waals surface area contributed by atoms with Crippen molar-refractivity contribution < 1.29 is 9.90 Å². The highest BCUT2D eigenvalue weighted by atomic mass is 32.2. The van der Waals surface area contributed by atoms with Gasteiger partial charge in [0.25, 0.3) is 0 Å². The van der Waals surface area contributed by atoms with Crippen LogP contribution in [0.2, 0.25) is 0 Å². The Morgan fingerprint density at radius 3 is 2.65 bits per heavy atom. The number of hydrogen-bond donors (Lipinski definition) is 2. The smallest absolute Gasteiger partial charge is 0.317 e. The SMILES string of the molecule is Cc1ccc(SCCNC(=O)N(C)CCC(C)O)cc1. The minimum atomic E-state index is -0.373. The van der Waals surface area contributed by atoms with Gasteiger partial charge in [0.15, 0.2) is 0 Å². The van der Waals surface area contributed by atoms with Gasteiger partial charge in [-0.25, -0.2) is 4.79 Å². The molecule has 0 bridgehead atoms. The number of aliphatic hydroxyl groups excluding tert-OH is 1. The monoisotopic (exact) mass is 296 g/mol. The predicted octanol–water partition coefficient (Wildman–Crippen LogP) is 2.50. The first kappa shape index (κ1) is 16.9. The van der Waals surface area contributed by atoms with Crippen LogP contribution in [0.25, 0.3) is 0 Å². The average molecular weight is 296 g/mol. The van der Waals surface area contributed by atoms with Crippen LogP contribution in [0.3, 0.4) is 0 Å². The summed E-state index contributed by atoms with van der Waals surface area (Å²) >= 11 is 1.73. The number of carbonyl (C=O) groups excluding carboxylic acids is 1. The Hall–Kier alpha value is -1.20. The number of benzene rings is 1. The maximum Gasteiger partial charge on any atom is 0.317 e. The molecular weight excluding hydrogens is 272 g/mol. The fourth-order valence-electron chi connectivity index (χ4n) is 1.58. The van der Waals surface area contributed by atoms with Crippen molar-refractivity contribution in [2.75, 3.05) is 25.9 Å². The summed E-state index contributed by atoms with van der Waals surface area (Å²) in [7, 11) is 1.74. The van der Waals surface area contributed by atoms with Crippen molar-refractivity contribution in [2.45, 2.75) is 31.3 Å². The molecule has 2 amide bonds. The first-order chi connectivity index (χ1) is 9.49. The lowest BCUT2D eigenvalue weighted by Gasteiger charge is -2.18. The van der Waals surface area contributed by atoms with Gasteiger partial charge < -0.3 is 15.3 Å². The second kappa shape index (κ2) is 8.87. The van der Waals surface area contributed by atoms with Crippen molar-refractivity contribution in [3.8, 4) is 0 Å². The molecule has 0 heterocycles. The van der Waals surface area contributed by atoms with E-state index in [1.54, 1.807) is 30.6 Å². The highest BCUT2D eigenvalue weighted by Gasteiger charge is 2.08. The summed E-state index contributed by atoms with van der Waals surface area (Å²) < 4.78 is 0. The quantitative estimate of drug-likeness (QED) is 0.600. The molecule has 0 saturated heterocycles. The Kier molecular flexibility index (Phi) is 7.47. The molecule has 0 aliphatic carbocycles. The molecule has 1 aromatic rings. The molecule has 1 atom stereocenters. The van der Waals surface area contributed by atoms with Gasteiger partial charge in [0.05, 0.1) is 6.10 Å². The largest absolute Gasteiger partial charge is 0.393 e. The molecule has 1 rings (SSSR count). The Morgan fingerprint density at radius 1 is 1.40 bits per heavy atom. The molecule has 20 heavy (non-hydrogen) atoms. The fraction of sp³-hybridized carbons (Fsp3) is 0.533. The average Bonchev–Trinajstić information content (AvgIpc) is 2.42. The number of hydrogen-bond acceptors (Lipinski definition) is 3. The van der Waals surface area contributed by atoms with Crippen molar-refractivity contribution in [2.24, 2.45) is 0 Å². The molecule has 1 unspecified atom stereocenters. The van der Waals surface area contributed by atoms with E-state index in [0.717, 1.165) is 5.75 Å². The van der Waals surface area contributed by atoms with Gasteiger partial charge in [-0.2, -0.15) is 0 Å². The number of amides is 2. The molecule has 5 heteroatoms. The third-order valence-corrected chi connectivity index (χ3v) is 3.91. The summed E-state index contributed by atoms with van der Waals surface area (Å²) in [6.07, 6.45) is 0.226. The zero-order valence-corrected chi connectivity index (χ0v) is 13.2. The van der Waals surface area contributed by atoms with E-state index >= 15 is 0 Å². The summed E-state index contributed by atoms with van der Waals surface area (Å²) in [5.74, 6) is 0.846. The van der Waals surface area contributed by atoms with Crippen LogP contribution in [0.15, 0.2) is 29.2 Å². The minimum Gasteiger partial charge on any atom is -0.393 e. The summed E-state index contributed by atoms with van der Waals surface area (Å²) in [6, 6.07) is 8.28. The van der Waals surface area contributed by atoms with Crippen LogP contribution in [0, 0.1) is 6.92 Å². The van der Waals surface area contributed by atoms with Gasteiger partial charge in [0.1, 0.15) is 0 Å².